The summed E-state index contributed by atoms with van der Waals surface area (Å²) in [6, 6.07) is 1.31. The topological polar surface area (TPSA) is 0 Å². The summed E-state index contributed by atoms with van der Waals surface area (Å²) in [6.07, 6.45) is 0. The Balaban J connectivity index is 4.72. The van der Waals surface area contributed by atoms with Crippen molar-refractivity contribution in [3.8, 4) is 0 Å². The molecule has 0 bridgehead atoms. The molecule has 0 amide bonds. The van der Waals surface area contributed by atoms with Gasteiger partial charge < -0.3 is 0 Å². The lowest BCUT2D eigenvalue weighted by Gasteiger charge is -2.33. The summed E-state index contributed by atoms with van der Waals surface area (Å²) in [6.45, 7) is 14.0. The molecule has 0 radical (unpaired) electrons. The summed E-state index contributed by atoms with van der Waals surface area (Å²) < 4.78 is 0. The molecule has 0 N–H and O–H groups in total. The van der Waals surface area contributed by atoms with Gasteiger partial charge in [0.15, 0.2) is 0 Å². The van der Waals surface area contributed by atoms with Crippen LogP contribution in [0.5, 0.6) is 0 Å². The maximum absolute atomic E-state index is 4.48. The van der Waals surface area contributed by atoms with Crippen molar-refractivity contribution >= 4 is 51.8 Å². The van der Waals surface area contributed by atoms with E-state index in [2.05, 4.69) is 87.8 Å². The van der Waals surface area contributed by atoms with Gasteiger partial charge in [0.1, 0.15) is 0 Å². The van der Waals surface area contributed by atoms with Crippen molar-refractivity contribution in [2.45, 2.75) is 63.3 Å². The molecule has 0 saturated heterocycles. The van der Waals surface area contributed by atoms with Gasteiger partial charge in [-0.3, -0.25) is 0 Å². The summed E-state index contributed by atoms with van der Waals surface area (Å²) in [5, 5.41) is 2.22. The molecule has 0 aromatic heterocycles. The minimum atomic E-state index is -1.31. The van der Waals surface area contributed by atoms with Crippen LogP contribution in [0.2, 0.25) is 6.04 Å². The smallest absolute Gasteiger partial charge is 0.180 e. The molecule has 0 aromatic carbocycles. The fourth-order valence-electron chi connectivity index (χ4n) is 1.47. The van der Waals surface area contributed by atoms with E-state index in [1.165, 1.54) is 6.04 Å². The van der Waals surface area contributed by atoms with Gasteiger partial charge in [-0.1, -0.05) is 41.5 Å². The molecule has 16 heavy (non-hydrogen) atoms. The minimum absolute atomic E-state index is 0.740. The number of hydrogen-bond acceptors (Lipinski definition) is 4. The Kier molecular flexibility index (Phi) is 9.55. The highest BCUT2D eigenvalue weighted by Crippen LogP contribution is 2.50. The van der Waals surface area contributed by atoms with E-state index in [0.717, 1.165) is 21.5 Å². The Morgan fingerprint density at radius 3 is 1.31 bits per heavy atom. The summed E-state index contributed by atoms with van der Waals surface area (Å²) in [7, 11) is 0. The van der Waals surface area contributed by atoms with Crippen molar-refractivity contribution in [1.29, 1.82) is 0 Å². The second-order valence-electron chi connectivity index (χ2n) is 4.66. The third-order valence-electron chi connectivity index (χ3n) is 1.66. The molecule has 0 rings (SSSR count). The summed E-state index contributed by atoms with van der Waals surface area (Å²) >= 11 is 11.2. The van der Waals surface area contributed by atoms with Gasteiger partial charge in [0.2, 0.25) is 5.52 Å². The number of rotatable bonds is 8. The molecule has 0 atom stereocenters. The minimum Gasteiger partial charge on any atom is -0.180 e. The fraction of sp³-hybridized carbons (Fsp3) is 1.00. The zero-order valence-electron chi connectivity index (χ0n) is 11.3. The molecule has 0 heterocycles. The molecule has 0 nitrogen and oxygen atoms in total. The first-order valence-corrected chi connectivity index (χ1v) is 13.6. The molecule has 0 saturated carbocycles. The molecular formula is C11H26S4Si. The SMILES string of the molecule is CC(C)S[Si](CCS)(SC(C)C)SC(C)C. The molecular weight excluding hydrogens is 288 g/mol. The van der Waals surface area contributed by atoms with Crippen molar-refractivity contribution in [2.24, 2.45) is 0 Å². The number of thiol groups is 1. The highest BCUT2D eigenvalue weighted by atomic mass is 32.8. The molecule has 0 aliphatic heterocycles. The molecule has 98 valence electrons. The second-order valence-corrected chi connectivity index (χ2v) is 21.2. The maximum Gasteiger partial charge on any atom is 0.239 e. The third-order valence-corrected chi connectivity index (χ3v) is 20.2. The van der Waals surface area contributed by atoms with Crippen molar-refractivity contribution < 1.29 is 0 Å². The molecule has 0 spiro atoms. The van der Waals surface area contributed by atoms with E-state index in [4.69, 9.17) is 0 Å². The first-order valence-electron chi connectivity index (χ1n) is 5.95. The molecule has 5 heteroatoms. The third kappa shape index (κ3) is 7.85. The van der Waals surface area contributed by atoms with Gasteiger partial charge in [-0.25, -0.2) is 0 Å². The molecule has 0 aromatic rings. The Labute approximate surface area is 120 Å². The zero-order chi connectivity index (χ0) is 12.8. The van der Waals surface area contributed by atoms with E-state index in [9.17, 15) is 0 Å². The lowest BCUT2D eigenvalue weighted by Crippen LogP contribution is -2.29. The lowest BCUT2D eigenvalue weighted by molar-refractivity contribution is 1.11. The summed E-state index contributed by atoms with van der Waals surface area (Å²) in [4.78, 5) is 0. The fourth-order valence-corrected chi connectivity index (χ4v) is 27.6. The number of hydrogen-bond donors (Lipinski definition) is 1. The predicted molar refractivity (Wildman–Crippen MR) is 92.6 cm³/mol. The van der Waals surface area contributed by atoms with Gasteiger partial charge >= 0.3 is 0 Å². The van der Waals surface area contributed by atoms with Crippen LogP contribution in [0.25, 0.3) is 0 Å². The molecule has 0 aliphatic rings. The van der Waals surface area contributed by atoms with Gasteiger partial charge in [0.05, 0.1) is 0 Å². The van der Waals surface area contributed by atoms with Crippen LogP contribution in [0.3, 0.4) is 0 Å². The van der Waals surface area contributed by atoms with E-state index in [0.29, 0.717) is 0 Å². The Bertz CT molecular complexity index is 156. The lowest BCUT2D eigenvalue weighted by atomic mass is 10.6. The van der Waals surface area contributed by atoms with Crippen LogP contribution >= 0.6 is 46.3 Å². The van der Waals surface area contributed by atoms with E-state index in [1.54, 1.807) is 0 Å². The second kappa shape index (κ2) is 8.67. The quantitative estimate of drug-likeness (QED) is 0.478. The average Bonchev–Trinajstić information content (AvgIpc) is 1.98. The highest BCUT2D eigenvalue weighted by Gasteiger charge is 2.37. The van der Waals surface area contributed by atoms with Gasteiger partial charge in [-0.15, -0.1) is 0 Å². The monoisotopic (exact) mass is 314 g/mol. The van der Waals surface area contributed by atoms with Crippen LogP contribution in [0, 0.1) is 0 Å². The predicted octanol–water partition coefficient (Wildman–Crippen LogP) is 5.28. The van der Waals surface area contributed by atoms with Crippen LogP contribution in [-0.2, 0) is 0 Å². The summed E-state index contributed by atoms with van der Waals surface area (Å²) in [5.74, 6) is 1.03. The van der Waals surface area contributed by atoms with Crippen molar-refractivity contribution in [3.05, 3.63) is 0 Å². The standard InChI is InChI=1S/C11H26S4Si/c1-9(2)13-16(8-7-12,14-10(3)4)15-11(5)6/h9-12H,7-8H2,1-6H3. The van der Waals surface area contributed by atoms with Crippen LogP contribution in [0.4, 0.5) is 0 Å². The molecule has 0 aliphatic carbocycles. The van der Waals surface area contributed by atoms with Crippen LogP contribution in [0.15, 0.2) is 0 Å². The zero-order valence-corrected chi connectivity index (χ0v) is 15.7. The van der Waals surface area contributed by atoms with Crippen LogP contribution in [0.1, 0.15) is 41.5 Å². The van der Waals surface area contributed by atoms with Gasteiger partial charge in [-0.2, -0.15) is 46.3 Å². The Morgan fingerprint density at radius 2 is 1.12 bits per heavy atom. The van der Waals surface area contributed by atoms with Crippen LogP contribution < -0.4 is 0 Å². The summed E-state index contributed by atoms with van der Waals surface area (Å²) in [5.41, 5.74) is -1.31. The Hall–Kier alpha value is 1.62. The molecule has 0 unspecified atom stereocenters. The first-order chi connectivity index (χ1) is 7.31. The van der Waals surface area contributed by atoms with E-state index < -0.39 is 5.52 Å². The van der Waals surface area contributed by atoms with Crippen molar-refractivity contribution in [1.82, 2.24) is 0 Å². The van der Waals surface area contributed by atoms with E-state index >= 15 is 0 Å². The maximum atomic E-state index is 4.48. The van der Waals surface area contributed by atoms with Gasteiger partial charge in [-0.05, 0) is 27.5 Å². The average molecular weight is 315 g/mol. The van der Waals surface area contributed by atoms with Crippen molar-refractivity contribution in [3.63, 3.8) is 0 Å². The molecule has 0 fully saturated rings. The van der Waals surface area contributed by atoms with Gasteiger partial charge in [0.25, 0.3) is 0 Å². The van der Waals surface area contributed by atoms with E-state index in [-0.39, 0.29) is 0 Å². The van der Waals surface area contributed by atoms with Gasteiger partial charge in [0, 0.05) is 0 Å². The van der Waals surface area contributed by atoms with Crippen LogP contribution in [-0.4, -0.2) is 27.0 Å². The normalized spacial score (nSPS) is 13.1. The van der Waals surface area contributed by atoms with Crippen molar-refractivity contribution in [2.75, 3.05) is 5.75 Å². The Morgan fingerprint density at radius 1 is 0.812 bits per heavy atom. The largest absolute Gasteiger partial charge is 0.239 e. The highest BCUT2D eigenvalue weighted by molar-refractivity contribution is 8.81. The first kappa shape index (κ1) is 17.6. The van der Waals surface area contributed by atoms with E-state index in [1.807, 2.05) is 0 Å².